The molecule has 13 heavy (non-hydrogen) atoms. The topological polar surface area (TPSA) is 24.7 Å². The van der Waals surface area contributed by atoms with Gasteiger partial charge in [0.25, 0.3) is 0 Å². The zero-order valence-electron chi connectivity index (χ0n) is 7.24. The second kappa shape index (κ2) is 3.30. The SMILES string of the molecule is CC1=C(Cl)N=NC1c1ccccc1. The van der Waals surface area contributed by atoms with Crippen LogP contribution >= 0.6 is 11.6 Å². The van der Waals surface area contributed by atoms with Crippen molar-refractivity contribution < 1.29 is 0 Å². The predicted octanol–water partition coefficient (Wildman–Crippen LogP) is 3.66. The highest BCUT2D eigenvalue weighted by atomic mass is 35.5. The van der Waals surface area contributed by atoms with Crippen molar-refractivity contribution in [3.63, 3.8) is 0 Å². The summed E-state index contributed by atoms with van der Waals surface area (Å²) in [6.07, 6.45) is 0. The molecule has 0 saturated heterocycles. The Hall–Kier alpha value is -1.15. The molecule has 1 heterocycles. The van der Waals surface area contributed by atoms with Crippen LogP contribution in [0.4, 0.5) is 0 Å². The number of hydrogen-bond acceptors (Lipinski definition) is 2. The van der Waals surface area contributed by atoms with Crippen molar-refractivity contribution >= 4 is 11.6 Å². The van der Waals surface area contributed by atoms with Gasteiger partial charge in [0.15, 0.2) is 5.16 Å². The molecule has 0 spiro atoms. The first-order valence-corrected chi connectivity index (χ1v) is 4.49. The van der Waals surface area contributed by atoms with Gasteiger partial charge in [-0.25, -0.2) is 0 Å². The van der Waals surface area contributed by atoms with Gasteiger partial charge < -0.3 is 0 Å². The van der Waals surface area contributed by atoms with Crippen molar-refractivity contribution in [3.05, 3.63) is 46.6 Å². The first-order valence-electron chi connectivity index (χ1n) is 4.11. The van der Waals surface area contributed by atoms with Crippen molar-refractivity contribution in [1.82, 2.24) is 0 Å². The summed E-state index contributed by atoms with van der Waals surface area (Å²) in [6, 6.07) is 10.0. The molecule has 0 radical (unpaired) electrons. The van der Waals surface area contributed by atoms with Crippen molar-refractivity contribution in [3.8, 4) is 0 Å². The van der Waals surface area contributed by atoms with Crippen LogP contribution in [0, 0.1) is 0 Å². The summed E-state index contributed by atoms with van der Waals surface area (Å²) < 4.78 is 0. The highest BCUT2D eigenvalue weighted by Gasteiger charge is 2.20. The maximum absolute atomic E-state index is 5.83. The molecule has 3 heteroatoms. The van der Waals surface area contributed by atoms with E-state index >= 15 is 0 Å². The average Bonchev–Trinajstić information content (AvgIpc) is 2.49. The number of hydrogen-bond donors (Lipinski definition) is 0. The largest absolute Gasteiger partial charge is 0.175 e. The van der Waals surface area contributed by atoms with Gasteiger partial charge in [-0.3, -0.25) is 0 Å². The summed E-state index contributed by atoms with van der Waals surface area (Å²) in [4.78, 5) is 0. The third-order valence-corrected chi connectivity index (χ3v) is 2.49. The van der Waals surface area contributed by atoms with Gasteiger partial charge in [0.1, 0.15) is 6.04 Å². The molecule has 0 aromatic heterocycles. The number of nitrogens with zero attached hydrogens (tertiary/aromatic N) is 2. The average molecular weight is 193 g/mol. The summed E-state index contributed by atoms with van der Waals surface area (Å²) in [5.41, 5.74) is 2.16. The molecule has 1 atom stereocenters. The molecule has 0 bridgehead atoms. The molecule has 66 valence electrons. The minimum Gasteiger partial charge on any atom is -0.175 e. The quantitative estimate of drug-likeness (QED) is 0.607. The molecular weight excluding hydrogens is 184 g/mol. The minimum absolute atomic E-state index is 0.0219. The van der Waals surface area contributed by atoms with E-state index in [1.54, 1.807) is 0 Å². The maximum Gasteiger partial charge on any atom is 0.152 e. The molecule has 1 unspecified atom stereocenters. The number of halogens is 1. The Labute approximate surface area is 81.9 Å². The first kappa shape index (κ1) is 8.45. The minimum atomic E-state index is 0.0219. The predicted molar refractivity (Wildman–Crippen MR) is 52.6 cm³/mol. The fraction of sp³-hybridized carbons (Fsp3) is 0.200. The lowest BCUT2D eigenvalue weighted by Gasteiger charge is -2.06. The van der Waals surface area contributed by atoms with Crippen LogP contribution in [0.3, 0.4) is 0 Å². The van der Waals surface area contributed by atoms with E-state index in [9.17, 15) is 0 Å². The van der Waals surface area contributed by atoms with Crippen LogP contribution in [-0.2, 0) is 0 Å². The normalized spacial score (nSPS) is 21.2. The van der Waals surface area contributed by atoms with Gasteiger partial charge in [-0.05, 0) is 18.1 Å². The lowest BCUT2D eigenvalue weighted by atomic mass is 10.0. The number of azo groups is 1. The smallest absolute Gasteiger partial charge is 0.152 e. The Morgan fingerprint density at radius 3 is 2.46 bits per heavy atom. The molecular formula is C10H9ClN2. The Balaban J connectivity index is 2.36. The highest BCUT2D eigenvalue weighted by molar-refractivity contribution is 6.29. The second-order valence-electron chi connectivity index (χ2n) is 3.00. The molecule has 0 amide bonds. The molecule has 1 aliphatic heterocycles. The Kier molecular flexibility index (Phi) is 2.15. The van der Waals surface area contributed by atoms with E-state index in [2.05, 4.69) is 10.2 Å². The summed E-state index contributed by atoms with van der Waals surface area (Å²) in [5.74, 6) is 0. The van der Waals surface area contributed by atoms with Crippen LogP contribution in [-0.4, -0.2) is 0 Å². The van der Waals surface area contributed by atoms with E-state index in [4.69, 9.17) is 11.6 Å². The van der Waals surface area contributed by atoms with E-state index in [1.807, 2.05) is 37.3 Å². The van der Waals surface area contributed by atoms with Crippen LogP contribution in [0.1, 0.15) is 18.5 Å². The molecule has 0 fully saturated rings. The van der Waals surface area contributed by atoms with E-state index in [-0.39, 0.29) is 6.04 Å². The monoisotopic (exact) mass is 192 g/mol. The Morgan fingerprint density at radius 1 is 1.23 bits per heavy atom. The van der Waals surface area contributed by atoms with E-state index < -0.39 is 0 Å². The van der Waals surface area contributed by atoms with Gasteiger partial charge in [-0.2, -0.15) is 5.11 Å². The van der Waals surface area contributed by atoms with Crippen LogP contribution in [0.25, 0.3) is 0 Å². The fourth-order valence-electron chi connectivity index (χ4n) is 1.34. The molecule has 1 aliphatic rings. The summed E-state index contributed by atoms with van der Waals surface area (Å²) in [6.45, 7) is 1.96. The van der Waals surface area contributed by atoms with E-state index in [0.29, 0.717) is 5.16 Å². The van der Waals surface area contributed by atoms with Crippen molar-refractivity contribution in [1.29, 1.82) is 0 Å². The molecule has 2 rings (SSSR count). The van der Waals surface area contributed by atoms with Crippen LogP contribution in [0.5, 0.6) is 0 Å². The van der Waals surface area contributed by atoms with E-state index in [1.165, 1.54) is 0 Å². The van der Waals surface area contributed by atoms with Crippen LogP contribution in [0.2, 0.25) is 0 Å². The molecule has 1 aromatic rings. The van der Waals surface area contributed by atoms with E-state index in [0.717, 1.165) is 11.1 Å². The summed E-state index contributed by atoms with van der Waals surface area (Å²) in [7, 11) is 0. The first-order chi connectivity index (χ1) is 6.29. The Bertz CT molecular complexity index is 368. The van der Waals surface area contributed by atoms with Gasteiger partial charge >= 0.3 is 0 Å². The lowest BCUT2D eigenvalue weighted by Crippen LogP contribution is -1.93. The van der Waals surface area contributed by atoms with Gasteiger partial charge in [0.2, 0.25) is 0 Å². The highest BCUT2D eigenvalue weighted by Crippen LogP contribution is 2.35. The maximum atomic E-state index is 5.83. The number of rotatable bonds is 1. The third-order valence-electron chi connectivity index (χ3n) is 2.11. The molecule has 1 aromatic carbocycles. The van der Waals surface area contributed by atoms with Crippen molar-refractivity contribution in [2.24, 2.45) is 10.2 Å². The second-order valence-corrected chi connectivity index (χ2v) is 3.36. The van der Waals surface area contributed by atoms with Gasteiger partial charge in [0.05, 0.1) is 0 Å². The van der Waals surface area contributed by atoms with Crippen LogP contribution < -0.4 is 0 Å². The third kappa shape index (κ3) is 1.49. The van der Waals surface area contributed by atoms with Crippen LogP contribution in [0.15, 0.2) is 51.3 Å². The molecule has 0 aliphatic carbocycles. The summed E-state index contributed by atoms with van der Waals surface area (Å²) in [5, 5.41) is 8.45. The van der Waals surface area contributed by atoms with Crippen molar-refractivity contribution in [2.45, 2.75) is 13.0 Å². The molecule has 0 saturated carbocycles. The Morgan fingerprint density at radius 2 is 1.92 bits per heavy atom. The zero-order chi connectivity index (χ0) is 9.26. The standard InChI is InChI=1S/C10H9ClN2/c1-7-9(12-13-10(7)11)8-5-3-2-4-6-8/h2-6,9H,1H3. The van der Waals surface area contributed by atoms with Crippen molar-refractivity contribution in [2.75, 3.05) is 0 Å². The lowest BCUT2D eigenvalue weighted by molar-refractivity contribution is 0.836. The fourth-order valence-corrected chi connectivity index (χ4v) is 1.49. The van der Waals surface area contributed by atoms with Gasteiger partial charge in [-0.1, -0.05) is 41.9 Å². The molecule has 0 N–H and O–H groups in total. The number of benzene rings is 1. The summed E-state index contributed by atoms with van der Waals surface area (Å²) >= 11 is 5.83. The molecule has 2 nitrogen and oxygen atoms in total. The van der Waals surface area contributed by atoms with Gasteiger partial charge in [0, 0.05) is 0 Å². The van der Waals surface area contributed by atoms with Gasteiger partial charge in [-0.15, -0.1) is 5.11 Å². The zero-order valence-corrected chi connectivity index (χ0v) is 7.99.